The van der Waals surface area contributed by atoms with Crippen LogP contribution in [0.2, 0.25) is 10.0 Å². The van der Waals surface area contributed by atoms with Crippen molar-refractivity contribution in [2.75, 3.05) is 5.32 Å². The normalized spacial score (nSPS) is 12.0. The van der Waals surface area contributed by atoms with Gasteiger partial charge in [0.05, 0.1) is 11.0 Å². The molecule has 1 unspecified atom stereocenters. The van der Waals surface area contributed by atoms with Gasteiger partial charge in [-0.2, -0.15) is 10.2 Å². The van der Waals surface area contributed by atoms with E-state index in [1.807, 2.05) is 0 Å². The number of carboxylic acids is 1. The lowest BCUT2D eigenvalue weighted by Gasteiger charge is -2.13. The molecule has 1 aromatic carbocycles. The molecule has 0 saturated heterocycles. The summed E-state index contributed by atoms with van der Waals surface area (Å²) in [5.41, 5.74) is 0.736. The van der Waals surface area contributed by atoms with Gasteiger partial charge in [-0.1, -0.05) is 29.3 Å². The number of rotatable bonds is 6. The highest BCUT2D eigenvalue weighted by atomic mass is 79.9. The molecule has 0 fully saturated rings. The number of amides is 1. The fraction of sp³-hybridized carbons (Fsp3) is 0.176. The topological polar surface area (TPSA) is 102 Å². The molecule has 8 nitrogen and oxygen atoms in total. The number of hydrogen-bond acceptors (Lipinski definition) is 4. The molecular formula is C17H14BrCl2N5O3. The number of aromatic nitrogens is 4. The second-order valence-electron chi connectivity index (χ2n) is 5.89. The van der Waals surface area contributed by atoms with Crippen molar-refractivity contribution in [1.82, 2.24) is 19.6 Å². The van der Waals surface area contributed by atoms with Crippen LogP contribution in [0.15, 0.2) is 41.1 Å². The average molecular weight is 487 g/mol. The fourth-order valence-electron chi connectivity index (χ4n) is 2.51. The number of nitrogens with zero attached hydrogens (tertiary/aromatic N) is 4. The Bertz CT molecular complexity index is 1050. The minimum Gasteiger partial charge on any atom is -0.477 e. The van der Waals surface area contributed by atoms with Crippen LogP contribution < -0.4 is 5.32 Å². The first-order chi connectivity index (χ1) is 13.3. The van der Waals surface area contributed by atoms with Gasteiger partial charge in [-0.05, 0) is 46.6 Å². The second-order valence-corrected chi connectivity index (χ2v) is 7.59. The molecular weight excluding hydrogens is 473 g/mol. The molecule has 0 spiro atoms. The van der Waals surface area contributed by atoms with E-state index in [9.17, 15) is 9.59 Å². The summed E-state index contributed by atoms with van der Waals surface area (Å²) >= 11 is 15.4. The zero-order valence-corrected chi connectivity index (χ0v) is 17.5. The highest BCUT2D eigenvalue weighted by molar-refractivity contribution is 9.10. The molecule has 2 aromatic heterocycles. The summed E-state index contributed by atoms with van der Waals surface area (Å²) in [5.74, 6) is -1.32. The van der Waals surface area contributed by atoms with Crippen molar-refractivity contribution < 1.29 is 14.7 Å². The van der Waals surface area contributed by atoms with Crippen LogP contribution in [0.25, 0.3) is 0 Å². The summed E-state index contributed by atoms with van der Waals surface area (Å²) in [6.45, 7) is 1.93. The van der Waals surface area contributed by atoms with E-state index in [0.717, 1.165) is 10.2 Å². The van der Waals surface area contributed by atoms with Crippen LogP contribution in [0.3, 0.4) is 0 Å². The average Bonchev–Trinajstić information content (AvgIpc) is 3.24. The first-order valence-corrected chi connectivity index (χ1v) is 9.55. The number of nitrogens with one attached hydrogen (secondary N) is 1. The number of aromatic carboxylic acids is 1. The van der Waals surface area contributed by atoms with Gasteiger partial charge in [-0.15, -0.1) is 0 Å². The molecule has 1 amide bonds. The predicted octanol–water partition coefficient (Wildman–Crippen LogP) is 4.10. The van der Waals surface area contributed by atoms with Crippen molar-refractivity contribution >= 4 is 56.8 Å². The summed E-state index contributed by atoms with van der Waals surface area (Å²) in [7, 11) is 0. The Morgan fingerprint density at radius 2 is 2.07 bits per heavy atom. The maximum Gasteiger partial charge on any atom is 0.354 e. The third kappa shape index (κ3) is 4.37. The smallest absolute Gasteiger partial charge is 0.354 e. The first kappa shape index (κ1) is 20.4. The van der Waals surface area contributed by atoms with Crippen LogP contribution in [0.5, 0.6) is 0 Å². The molecule has 3 rings (SSSR count). The van der Waals surface area contributed by atoms with E-state index in [2.05, 4.69) is 31.4 Å². The number of hydrogen-bond donors (Lipinski definition) is 2. The van der Waals surface area contributed by atoms with Crippen molar-refractivity contribution in [3.8, 4) is 0 Å². The van der Waals surface area contributed by atoms with Gasteiger partial charge in [0, 0.05) is 22.4 Å². The van der Waals surface area contributed by atoms with Crippen molar-refractivity contribution in [1.29, 1.82) is 0 Å². The van der Waals surface area contributed by atoms with Crippen molar-refractivity contribution in [3.05, 3.63) is 62.4 Å². The van der Waals surface area contributed by atoms with E-state index in [4.69, 9.17) is 28.3 Å². The van der Waals surface area contributed by atoms with E-state index >= 15 is 0 Å². The summed E-state index contributed by atoms with van der Waals surface area (Å²) in [6, 6.07) is 5.66. The number of benzene rings is 1. The first-order valence-electron chi connectivity index (χ1n) is 8.01. The summed E-state index contributed by atoms with van der Waals surface area (Å²) in [5, 5.41) is 21.1. The van der Waals surface area contributed by atoms with Gasteiger partial charge in [0.25, 0.3) is 0 Å². The fourth-order valence-corrected chi connectivity index (χ4v) is 3.39. The molecule has 0 aliphatic heterocycles. The molecule has 11 heteroatoms. The Morgan fingerprint density at radius 1 is 1.32 bits per heavy atom. The highest BCUT2D eigenvalue weighted by Gasteiger charge is 2.23. The number of halogens is 3. The molecule has 2 N–H and O–H groups in total. The maximum atomic E-state index is 12.5. The van der Waals surface area contributed by atoms with Gasteiger partial charge in [-0.25, -0.2) is 9.48 Å². The van der Waals surface area contributed by atoms with Crippen LogP contribution in [0, 0.1) is 0 Å². The SMILES string of the molecule is CC(C(=O)Nc1nn(Cc2ccc(Cl)cc2Cl)cc1Br)n1nccc1C(=O)O. The standard InChI is InChI=1S/C17H14BrCl2N5O3/c1-9(25-14(17(27)28)4-5-21-25)16(26)22-15-12(18)8-24(23-15)7-10-2-3-11(19)6-13(10)20/h2-6,8-9H,7H2,1H3,(H,27,28)(H,22,23,26). The van der Waals surface area contributed by atoms with E-state index in [1.54, 1.807) is 36.0 Å². The van der Waals surface area contributed by atoms with Gasteiger partial charge in [0.1, 0.15) is 11.7 Å². The van der Waals surface area contributed by atoms with Crippen molar-refractivity contribution in [3.63, 3.8) is 0 Å². The third-order valence-electron chi connectivity index (χ3n) is 3.94. The second kappa shape index (κ2) is 8.34. The minimum atomic E-state index is -1.16. The van der Waals surface area contributed by atoms with E-state index in [-0.39, 0.29) is 5.69 Å². The molecule has 0 bridgehead atoms. The van der Waals surface area contributed by atoms with Crippen LogP contribution in [-0.2, 0) is 11.3 Å². The number of carboxylic acid groups (broad SMARTS) is 1. The molecule has 0 aliphatic rings. The maximum absolute atomic E-state index is 12.5. The largest absolute Gasteiger partial charge is 0.477 e. The number of carbonyl (C=O) groups is 2. The lowest BCUT2D eigenvalue weighted by atomic mass is 10.2. The molecule has 2 heterocycles. The van der Waals surface area contributed by atoms with Crippen LogP contribution in [0.4, 0.5) is 5.82 Å². The zero-order valence-electron chi connectivity index (χ0n) is 14.4. The lowest BCUT2D eigenvalue weighted by Crippen LogP contribution is -2.27. The predicted molar refractivity (Wildman–Crippen MR) is 108 cm³/mol. The van der Waals surface area contributed by atoms with Crippen LogP contribution in [-0.4, -0.2) is 36.5 Å². The van der Waals surface area contributed by atoms with E-state index in [1.165, 1.54) is 12.3 Å². The number of anilines is 1. The Balaban J connectivity index is 1.75. The van der Waals surface area contributed by atoms with Crippen LogP contribution >= 0.6 is 39.1 Å². The molecule has 3 aromatic rings. The van der Waals surface area contributed by atoms with Gasteiger partial charge in [-0.3, -0.25) is 9.48 Å². The number of carbonyl (C=O) groups excluding carboxylic acids is 1. The van der Waals surface area contributed by atoms with E-state index < -0.39 is 17.9 Å². The lowest BCUT2D eigenvalue weighted by molar-refractivity contribution is -0.119. The molecule has 0 radical (unpaired) electrons. The Morgan fingerprint density at radius 3 is 2.75 bits per heavy atom. The minimum absolute atomic E-state index is 0.0791. The monoisotopic (exact) mass is 485 g/mol. The molecule has 1 atom stereocenters. The van der Waals surface area contributed by atoms with Crippen molar-refractivity contribution in [2.24, 2.45) is 0 Å². The molecule has 0 aliphatic carbocycles. The van der Waals surface area contributed by atoms with Crippen LogP contribution in [0.1, 0.15) is 29.0 Å². The van der Waals surface area contributed by atoms with Crippen molar-refractivity contribution in [2.45, 2.75) is 19.5 Å². The summed E-state index contributed by atoms with van der Waals surface area (Å²) < 4.78 is 3.31. The molecule has 146 valence electrons. The summed E-state index contributed by atoms with van der Waals surface area (Å²) in [4.78, 5) is 23.7. The van der Waals surface area contributed by atoms with Gasteiger partial charge >= 0.3 is 5.97 Å². The van der Waals surface area contributed by atoms with Gasteiger partial charge in [0.15, 0.2) is 5.82 Å². The Hall–Kier alpha value is -2.36. The molecule has 28 heavy (non-hydrogen) atoms. The summed E-state index contributed by atoms with van der Waals surface area (Å²) in [6.07, 6.45) is 3.02. The van der Waals surface area contributed by atoms with Gasteiger partial charge in [0.2, 0.25) is 5.91 Å². The zero-order chi connectivity index (χ0) is 20.4. The van der Waals surface area contributed by atoms with Gasteiger partial charge < -0.3 is 10.4 Å². The Labute approximate surface area is 178 Å². The highest BCUT2D eigenvalue weighted by Crippen LogP contribution is 2.25. The quantitative estimate of drug-likeness (QED) is 0.546. The van der Waals surface area contributed by atoms with E-state index in [0.29, 0.717) is 26.9 Å². The Kier molecular flexibility index (Phi) is 6.07. The third-order valence-corrected chi connectivity index (χ3v) is 5.11. The molecule has 0 saturated carbocycles.